The lowest BCUT2D eigenvalue weighted by Gasteiger charge is -2.15. The van der Waals surface area contributed by atoms with Crippen LogP contribution in [0.4, 0.5) is 5.95 Å². The van der Waals surface area contributed by atoms with E-state index in [1.807, 2.05) is 6.07 Å². The van der Waals surface area contributed by atoms with Gasteiger partial charge in [-0.05, 0) is 18.8 Å². The predicted molar refractivity (Wildman–Crippen MR) is 73.6 cm³/mol. The van der Waals surface area contributed by atoms with Gasteiger partial charge in [0.25, 0.3) is 0 Å². The number of hydrogen-bond acceptors (Lipinski definition) is 4. The quantitative estimate of drug-likeness (QED) is 0.884. The molecule has 0 unspecified atom stereocenters. The van der Waals surface area contributed by atoms with Gasteiger partial charge in [-0.25, -0.2) is 19.3 Å². The molecule has 2 heterocycles. The van der Waals surface area contributed by atoms with E-state index in [1.165, 1.54) is 17.2 Å². The number of nitrogens with one attached hydrogen (secondary N) is 2. The molecule has 2 aromatic rings. The maximum absolute atomic E-state index is 11.8. The summed E-state index contributed by atoms with van der Waals surface area (Å²) in [6, 6.07) is 2.28. The first kappa shape index (κ1) is 12.2. The van der Waals surface area contributed by atoms with Gasteiger partial charge in [-0.15, -0.1) is 0 Å². The van der Waals surface area contributed by atoms with Gasteiger partial charge < -0.3 is 5.32 Å². The molecule has 0 aliphatic heterocycles. The van der Waals surface area contributed by atoms with Crippen LogP contribution in [0, 0.1) is 0 Å². The number of anilines is 1. The van der Waals surface area contributed by atoms with Crippen LogP contribution in [0.25, 0.3) is 5.65 Å². The molecule has 6 heteroatoms. The first-order chi connectivity index (χ1) is 9.15. The minimum Gasteiger partial charge on any atom is -0.352 e. The van der Waals surface area contributed by atoms with Gasteiger partial charge in [0.1, 0.15) is 0 Å². The van der Waals surface area contributed by atoms with Crippen molar-refractivity contribution in [2.24, 2.45) is 0 Å². The third-order valence-electron chi connectivity index (χ3n) is 3.70. The van der Waals surface area contributed by atoms with Crippen LogP contribution in [0.2, 0.25) is 0 Å². The molecule has 0 saturated heterocycles. The number of aromatic amines is 1. The first-order valence-electron chi connectivity index (χ1n) is 6.90. The molecule has 0 amide bonds. The van der Waals surface area contributed by atoms with E-state index in [0.29, 0.717) is 23.6 Å². The molecule has 0 atom stereocenters. The molecule has 1 saturated carbocycles. The van der Waals surface area contributed by atoms with Crippen molar-refractivity contribution in [1.82, 2.24) is 19.6 Å². The topological polar surface area (TPSA) is 75.1 Å². The third kappa shape index (κ3) is 2.22. The number of fused-ring (bicyclic) bond motifs is 1. The van der Waals surface area contributed by atoms with Crippen LogP contribution in [-0.2, 0) is 0 Å². The zero-order chi connectivity index (χ0) is 13.4. The van der Waals surface area contributed by atoms with Crippen LogP contribution >= 0.6 is 0 Å². The second-order valence-corrected chi connectivity index (χ2v) is 5.51. The Morgan fingerprint density at radius 2 is 2.16 bits per heavy atom. The van der Waals surface area contributed by atoms with Crippen molar-refractivity contribution in [3.8, 4) is 0 Å². The van der Waals surface area contributed by atoms with E-state index in [4.69, 9.17) is 0 Å². The van der Waals surface area contributed by atoms with Gasteiger partial charge in [0.05, 0.1) is 5.69 Å². The van der Waals surface area contributed by atoms with Gasteiger partial charge in [-0.2, -0.15) is 5.10 Å². The lowest BCUT2D eigenvalue weighted by Crippen LogP contribution is -2.22. The summed E-state index contributed by atoms with van der Waals surface area (Å²) < 4.78 is 1.52. The Morgan fingerprint density at radius 1 is 1.42 bits per heavy atom. The van der Waals surface area contributed by atoms with Crippen molar-refractivity contribution in [2.45, 2.75) is 51.5 Å². The van der Waals surface area contributed by atoms with Crippen molar-refractivity contribution >= 4 is 11.6 Å². The largest absolute Gasteiger partial charge is 0.352 e. The highest BCUT2D eigenvalue weighted by molar-refractivity contribution is 5.47. The Balaban J connectivity index is 2.08. The molecule has 3 rings (SSSR count). The van der Waals surface area contributed by atoms with Crippen LogP contribution < -0.4 is 11.0 Å². The van der Waals surface area contributed by atoms with E-state index in [1.54, 1.807) is 0 Å². The Labute approximate surface area is 111 Å². The van der Waals surface area contributed by atoms with E-state index < -0.39 is 0 Å². The summed E-state index contributed by atoms with van der Waals surface area (Å²) in [7, 11) is 0. The highest BCUT2D eigenvalue weighted by atomic mass is 16.1. The minimum atomic E-state index is -0.238. The molecule has 1 aliphatic rings. The van der Waals surface area contributed by atoms with Crippen LogP contribution in [0.15, 0.2) is 10.9 Å². The molecule has 102 valence electrons. The lowest BCUT2D eigenvalue weighted by atomic mass is 10.1. The fourth-order valence-corrected chi connectivity index (χ4v) is 2.59. The SMILES string of the molecule is CC(C)c1cc2n[nH]c(=O)n2c(NC2CCCC2)n1. The van der Waals surface area contributed by atoms with Gasteiger partial charge in [0.15, 0.2) is 5.65 Å². The second kappa shape index (κ2) is 4.68. The number of H-pyrrole nitrogens is 1. The summed E-state index contributed by atoms with van der Waals surface area (Å²) in [4.78, 5) is 16.4. The Hall–Kier alpha value is -1.85. The van der Waals surface area contributed by atoms with Crippen molar-refractivity contribution in [3.05, 3.63) is 22.2 Å². The molecule has 1 fully saturated rings. The second-order valence-electron chi connectivity index (χ2n) is 5.51. The maximum Gasteiger partial charge on any atom is 0.350 e. The molecule has 0 spiro atoms. The molecule has 0 aromatic carbocycles. The van der Waals surface area contributed by atoms with Crippen LogP contribution in [0.5, 0.6) is 0 Å². The Bertz CT molecular complexity index is 636. The van der Waals surface area contributed by atoms with Crippen molar-refractivity contribution < 1.29 is 0 Å². The average molecular weight is 261 g/mol. The number of rotatable bonds is 3. The standard InChI is InChI=1S/C13H19N5O/c1-8(2)10-7-11-16-17-13(19)18(11)12(15-10)14-9-5-3-4-6-9/h7-9H,3-6H2,1-2H3,(H,14,15)(H,17,19). The molecule has 2 aromatic heterocycles. The van der Waals surface area contributed by atoms with Gasteiger partial charge >= 0.3 is 5.69 Å². The summed E-state index contributed by atoms with van der Waals surface area (Å²) >= 11 is 0. The molecule has 6 nitrogen and oxygen atoms in total. The minimum absolute atomic E-state index is 0.238. The smallest absolute Gasteiger partial charge is 0.350 e. The van der Waals surface area contributed by atoms with Crippen LogP contribution in [0.3, 0.4) is 0 Å². The van der Waals surface area contributed by atoms with Gasteiger partial charge in [-0.1, -0.05) is 26.7 Å². The molecular formula is C13H19N5O. The summed E-state index contributed by atoms with van der Waals surface area (Å²) in [5.74, 6) is 0.924. The first-order valence-corrected chi connectivity index (χ1v) is 6.90. The monoisotopic (exact) mass is 261 g/mol. The highest BCUT2D eigenvalue weighted by Gasteiger charge is 2.18. The normalized spacial score (nSPS) is 16.6. The van der Waals surface area contributed by atoms with Crippen molar-refractivity contribution in [3.63, 3.8) is 0 Å². The molecule has 19 heavy (non-hydrogen) atoms. The molecule has 1 aliphatic carbocycles. The Morgan fingerprint density at radius 3 is 2.84 bits per heavy atom. The molecule has 0 radical (unpaired) electrons. The van der Waals surface area contributed by atoms with Crippen molar-refractivity contribution in [1.29, 1.82) is 0 Å². The molecule has 2 N–H and O–H groups in total. The lowest BCUT2D eigenvalue weighted by molar-refractivity contribution is 0.730. The van der Waals surface area contributed by atoms with E-state index in [2.05, 4.69) is 34.3 Å². The van der Waals surface area contributed by atoms with Crippen LogP contribution in [0.1, 0.15) is 51.1 Å². The zero-order valence-corrected chi connectivity index (χ0v) is 11.3. The Kier molecular flexibility index (Phi) is 3.00. The van der Waals surface area contributed by atoms with E-state index in [9.17, 15) is 4.79 Å². The molecular weight excluding hydrogens is 242 g/mol. The highest BCUT2D eigenvalue weighted by Crippen LogP contribution is 2.22. The average Bonchev–Trinajstić information content (AvgIpc) is 2.99. The van der Waals surface area contributed by atoms with Gasteiger partial charge in [0.2, 0.25) is 5.95 Å². The van der Waals surface area contributed by atoms with E-state index in [-0.39, 0.29) is 5.69 Å². The predicted octanol–water partition coefficient (Wildman–Crippen LogP) is 1.90. The van der Waals surface area contributed by atoms with E-state index >= 15 is 0 Å². The zero-order valence-electron chi connectivity index (χ0n) is 11.3. The molecule has 0 bridgehead atoms. The number of hydrogen-bond donors (Lipinski definition) is 2. The summed E-state index contributed by atoms with van der Waals surface area (Å²) in [6.45, 7) is 4.17. The fourth-order valence-electron chi connectivity index (χ4n) is 2.59. The summed E-state index contributed by atoms with van der Waals surface area (Å²) in [6.07, 6.45) is 4.76. The third-order valence-corrected chi connectivity index (χ3v) is 3.70. The number of aromatic nitrogens is 4. The number of nitrogens with zero attached hydrogens (tertiary/aromatic N) is 3. The van der Waals surface area contributed by atoms with Crippen molar-refractivity contribution in [2.75, 3.05) is 5.32 Å². The van der Waals surface area contributed by atoms with Gasteiger partial charge in [0, 0.05) is 12.1 Å². The summed E-state index contributed by atoms with van der Waals surface area (Å²) in [5, 5.41) is 9.93. The fraction of sp³-hybridized carbons (Fsp3) is 0.615. The maximum atomic E-state index is 11.8. The van der Waals surface area contributed by atoms with Crippen LogP contribution in [-0.4, -0.2) is 25.6 Å². The van der Waals surface area contributed by atoms with E-state index in [0.717, 1.165) is 18.5 Å². The van der Waals surface area contributed by atoms with Gasteiger partial charge in [-0.3, -0.25) is 0 Å². The summed E-state index contributed by atoms with van der Waals surface area (Å²) in [5.41, 5.74) is 1.34.